The molecule has 0 heterocycles. The molecule has 3 aliphatic rings. The molecule has 2 aromatic carbocycles. The minimum Gasteiger partial charge on any atom is -0.504 e. The Kier molecular flexibility index (Phi) is 5.36. The summed E-state index contributed by atoms with van der Waals surface area (Å²) in [6.45, 7) is 9.11. The Hall–Kier alpha value is -2.00. The third-order valence-electron chi connectivity index (χ3n) is 9.66. The second-order valence-corrected chi connectivity index (χ2v) is 12.3. The van der Waals surface area contributed by atoms with Gasteiger partial charge in [-0.15, -0.1) is 0 Å². The predicted molar refractivity (Wildman–Crippen MR) is 133 cm³/mol. The number of aromatic hydroxyl groups is 1. The zero-order valence-electron chi connectivity index (χ0n) is 20.9. The molecule has 0 aromatic heterocycles. The summed E-state index contributed by atoms with van der Waals surface area (Å²) in [5, 5.41) is 22.3. The van der Waals surface area contributed by atoms with Crippen LogP contribution in [0.1, 0.15) is 88.0 Å². The molecule has 0 radical (unpaired) electrons. The average Bonchev–Trinajstić information content (AvgIpc) is 3.03. The maximum Gasteiger partial charge on any atom is 0.160 e. The highest BCUT2D eigenvalue weighted by atomic mass is 16.5. The van der Waals surface area contributed by atoms with Crippen LogP contribution in [0.5, 0.6) is 11.5 Å². The Labute approximate surface area is 199 Å². The molecular formula is C30H40O3. The van der Waals surface area contributed by atoms with E-state index in [1.807, 2.05) is 6.07 Å². The number of aliphatic hydroxyl groups is 1. The van der Waals surface area contributed by atoms with Gasteiger partial charge in [-0.1, -0.05) is 52.0 Å². The third kappa shape index (κ3) is 3.58. The van der Waals surface area contributed by atoms with Gasteiger partial charge >= 0.3 is 0 Å². The van der Waals surface area contributed by atoms with Gasteiger partial charge < -0.3 is 14.9 Å². The van der Waals surface area contributed by atoms with Crippen LogP contribution in [0.4, 0.5) is 0 Å². The second-order valence-electron chi connectivity index (χ2n) is 12.3. The van der Waals surface area contributed by atoms with E-state index < -0.39 is 5.60 Å². The lowest BCUT2D eigenvalue weighted by atomic mass is 9.52. The number of rotatable bonds is 3. The Morgan fingerprint density at radius 1 is 1.03 bits per heavy atom. The molecule has 3 heteroatoms. The fourth-order valence-electron chi connectivity index (χ4n) is 7.61. The van der Waals surface area contributed by atoms with Crippen LogP contribution in [0.15, 0.2) is 36.4 Å². The van der Waals surface area contributed by atoms with Crippen LogP contribution in [0.25, 0.3) is 0 Å². The number of hydrogen-bond donors (Lipinski definition) is 2. The van der Waals surface area contributed by atoms with E-state index in [9.17, 15) is 10.2 Å². The normalized spacial score (nSPS) is 33.2. The number of benzene rings is 2. The smallest absolute Gasteiger partial charge is 0.160 e. The van der Waals surface area contributed by atoms with E-state index >= 15 is 0 Å². The van der Waals surface area contributed by atoms with Crippen molar-refractivity contribution in [2.24, 2.45) is 17.3 Å². The van der Waals surface area contributed by atoms with Crippen LogP contribution in [-0.2, 0) is 18.3 Å². The van der Waals surface area contributed by atoms with Crippen molar-refractivity contribution in [2.45, 2.75) is 89.6 Å². The number of hydrogen-bond acceptors (Lipinski definition) is 3. The molecule has 0 saturated heterocycles. The molecule has 5 rings (SSSR count). The molecule has 2 saturated carbocycles. The summed E-state index contributed by atoms with van der Waals surface area (Å²) < 4.78 is 5.44. The second kappa shape index (κ2) is 7.77. The first-order valence-corrected chi connectivity index (χ1v) is 12.8. The van der Waals surface area contributed by atoms with Crippen LogP contribution in [-0.4, -0.2) is 22.9 Å². The first-order valence-electron chi connectivity index (χ1n) is 12.8. The van der Waals surface area contributed by atoms with Gasteiger partial charge in [-0.05, 0) is 101 Å². The molecule has 2 N–H and O–H groups in total. The molecule has 0 spiro atoms. The predicted octanol–water partition coefficient (Wildman–Crippen LogP) is 6.53. The molecule has 2 aromatic rings. The van der Waals surface area contributed by atoms with Gasteiger partial charge in [-0.2, -0.15) is 0 Å². The van der Waals surface area contributed by atoms with Gasteiger partial charge in [0, 0.05) is 6.42 Å². The van der Waals surface area contributed by atoms with Crippen molar-refractivity contribution in [3.8, 4) is 11.5 Å². The molecule has 3 nitrogen and oxygen atoms in total. The number of aryl methyl sites for hydroxylation is 1. The van der Waals surface area contributed by atoms with E-state index in [1.165, 1.54) is 22.3 Å². The fourth-order valence-corrected chi connectivity index (χ4v) is 7.61. The minimum absolute atomic E-state index is 0.0463. The minimum atomic E-state index is -0.640. The lowest BCUT2D eigenvalue weighted by Crippen LogP contribution is -2.51. The van der Waals surface area contributed by atoms with E-state index in [0.717, 1.165) is 44.9 Å². The SMILES string of the molecule is COc1cc2c(cc1O)CCC1C2CCC2(C)C1CCC2(O)Cc1ccc(C(C)(C)C)cc1. The monoisotopic (exact) mass is 448 g/mol. The Bertz CT molecular complexity index is 1030. The Morgan fingerprint density at radius 2 is 1.76 bits per heavy atom. The number of phenols is 1. The van der Waals surface area contributed by atoms with Gasteiger partial charge in [0.25, 0.3) is 0 Å². The summed E-state index contributed by atoms with van der Waals surface area (Å²) in [5.74, 6) is 2.49. The Balaban J connectivity index is 1.40. The highest BCUT2D eigenvalue weighted by Crippen LogP contribution is 2.65. The summed E-state index contributed by atoms with van der Waals surface area (Å²) in [6.07, 6.45) is 7.07. The standard InChI is InChI=1S/C30H40O3/c1-28(2,3)21-9-6-19(7-10-21)18-30(32)15-13-25-23-11-8-20-16-26(31)27(33-5)17-24(20)22(23)12-14-29(25,30)4/h6-7,9-10,16-17,22-23,25,31-32H,8,11-15,18H2,1-5H3. The fraction of sp³-hybridized carbons (Fsp3) is 0.600. The van der Waals surface area contributed by atoms with Crippen molar-refractivity contribution in [1.82, 2.24) is 0 Å². The van der Waals surface area contributed by atoms with Crippen LogP contribution < -0.4 is 4.74 Å². The maximum atomic E-state index is 12.1. The Morgan fingerprint density at radius 3 is 2.42 bits per heavy atom. The highest BCUT2D eigenvalue weighted by molar-refractivity contribution is 5.49. The first-order chi connectivity index (χ1) is 15.6. The van der Waals surface area contributed by atoms with E-state index in [1.54, 1.807) is 7.11 Å². The molecule has 3 aliphatic carbocycles. The lowest BCUT2D eigenvalue weighted by Gasteiger charge is -2.53. The summed E-state index contributed by atoms with van der Waals surface area (Å²) in [4.78, 5) is 0. The van der Waals surface area contributed by atoms with Crippen molar-refractivity contribution < 1.29 is 14.9 Å². The van der Waals surface area contributed by atoms with Crippen LogP contribution >= 0.6 is 0 Å². The van der Waals surface area contributed by atoms with E-state index in [0.29, 0.717) is 23.5 Å². The molecule has 0 amide bonds. The van der Waals surface area contributed by atoms with Gasteiger partial charge in [0.15, 0.2) is 11.5 Å². The van der Waals surface area contributed by atoms with Crippen LogP contribution in [0.2, 0.25) is 0 Å². The zero-order valence-corrected chi connectivity index (χ0v) is 20.9. The van der Waals surface area contributed by atoms with Gasteiger partial charge in [0.05, 0.1) is 12.7 Å². The molecule has 5 unspecified atom stereocenters. The molecule has 33 heavy (non-hydrogen) atoms. The molecular weight excluding hydrogens is 408 g/mol. The average molecular weight is 449 g/mol. The lowest BCUT2D eigenvalue weighted by molar-refractivity contribution is -0.102. The van der Waals surface area contributed by atoms with E-state index in [-0.39, 0.29) is 16.6 Å². The summed E-state index contributed by atoms with van der Waals surface area (Å²) >= 11 is 0. The van der Waals surface area contributed by atoms with E-state index in [4.69, 9.17) is 4.74 Å². The van der Waals surface area contributed by atoms with Gasteiger partial charge in [0.2, 0.25) is 0 Å². The van der Waals surface area contributed by atoms with Crippen LogP contribution in [0, 0.1) is 17.3 Å². The first kappa shape index (κ1) is 22.8. The number of phenolic OH excluding ortho intramolecular Hbond substituents is 1. The van der Waals surface area contributed by atoms with Crippen molar-refractivity contribution in [1.29, 1.82) is 0 Å². The van der Waals surface area contributed by atoms with Crippen LogP contribution in [0.3, 0.4) is 0 Å². The largest absolute Gasteiger partial charge is 0.504 e. The van der Waals surface area contributed by atoms with Crippen molar-refractivity contribution >= 4 is 0 Å². The molecule has 5 atom stereocenters. The van der Waals surface area contributed by atoms with Crippen molar-refractivity contribution in [3.63, 3.8) is 0 Å². The number of ether oxygens (including phenoxy) is 1. The quantitative estimate of drug-likeness (QED) is 0.561. The maximum absolute atomic E-state index is 12.1. The number of fused-ring (bicyclic) bond motifs is 5. The molecule has 178 valence electrons. The highest BCUT2D eigenvalue weighted by Gasteiger charge is 2.61. The van der Waals surface area contributed by atoms with Crippen molar-refractivity contribution in [2.75, 3.05) is 7.11 Å². The van der Waals surface area contributed by atoms with E-state index in [2.05, 4.69) is 58.0 Å². The van der Waals surface area contributed by atoms with Gasteiger partial charge in [-0.25, -0.2) is 0 Å². The van der Waals surface area contributed by atoms with Gasteiger partial charge in [-0.3, -0.25) is 0 Å². The number of methoxy groups -OCH3 is 1. The molecule has 0 aliphatic heterocycles. The zero-order chi connectivity index (χ0) is 23.6. The molecule has 0 bridgehead atoms. The summed E-state index contributed by atoms with van der Waals surface area (Å²) in [5.41, 5.74) is 4.71. The topological polar surface area (TPSA) is 49.7 Å². The summed E-state index contributed by atoms with van der Waals surface area (Å²) in [7, 11) is 1.63. The van der Waals surface area contributed by atoms with Gasteiger partial charge in [0.1, 0.15) is 0 Å². The molecule has 2 fully saturated rings. The van der Waals surface area contributed by atoms with Crippen molar-refractivity contribution in [3.05, 3.63) is 58.7 Å². The summed E-state index contributed by atoms with van der Waals surface area (Å²) in [6, 6.07) is 13.0. The third-order valence-corrected chi connectivity index (χ3v) is 9.66.